The van der Waals surface area contributed by atoms with E-state index in [1.807, 2.05) is 37.4 Å². The number of aryl methyl sites for hydroxylation is 1. The van der Waals surface area contributed by atoms with Crippen molar-refractivity contribution in [2.24, 2.45) is 5.10 Å². The lowest BCUT2D eigenvalue weighted by molar-refractivity contribution is 0.0955. The molecule has 0 unspecified atom stereocenters. The van der Waals surface area contributed by atoms with Crippen LogP contribution in [0.15, 0.2) is 112 Å². The molecule has 1 N–H and O–H groups in total. The predicted octanol–water partition coefficient (Wildman–Crippen LogP) is 6.53. The Morgan fingerprint density at radius 3 is 2.26 bits per heavy atom. The summed E-state index contributed by atoms with van der Waals surface area (Å²) < 4.78 is 29.0. The predicted molar refractivity (Wildman–Crippen MR) is 156 cm³/mol. The first-order valence-electron chi connectivity index (χ1n) is 11.7. The Kier molecular flexibility index (Phi) is 8.89. The summed E-state index contributed by atoms with van der Waals surface area (Å²) in [5.74, 6) is -0.530. The smallest absolute Gasteiger partial charge is 0.267 e. The van der Waals surface area contributed by atoms with E-state index in [-0.39, 0.29) is 22.7 Å². The number of nitrogens with one attached hydrogen (secondary N) is 1. The molecule has 0 atom stereocenters. The monoisotopic (exact) mass is 563 g/mol. The number of amides is 1. The largest absolute Gasteiger partial charge is 0.273 e. The Hall–Kier alpha value is -3.59. The second-order valence-electron chi connectivity index (χ2n) is 8.44. The SMILES string of the molecule is CSc1ccc(/C=N\NC(=O)c2ccccc2N(Cc2ccc(Cl)cc2)S(=O)(=O)c2ccc(C)cc2)cc1. The maximum atomic E-state index is 13.9. The van der Waals surface area contributed by atoms with Gasteiger partial charge >= 0.3 is 0 Å². The van der Waals surface area contributed by atoms with Crippen LogP contribution in [0.5, 0.6) is 0 Å². The van der Waals surface area contributed by atoms with Crippen LogP contribution < -0.4 is 9.73 Å². The molecule has 6 nitrogen and oxygen atoms in total. The van der Waals surface area contributed by atoms with Crippen LogP contribution in [-0.2, 0) is 16.6 Å². The lowest BCUT2D eigenvalue weighted by Crippen LogP contribution is -2.33. The highest BCUT2D eigenvalue weighted by molar-refractivity contribution is 7.98. The zero-order valence-electron chi connectivity index (χ0n) is 20.8. The molecule has 0 radical (unpaired) electrons. The zero-order valence-corrected chi connectivity index (χ0v) is 23.2. The number of carbonyl (C=O) groups excluding carboxylic acids is 1. The Bertz CT molecular complexity index is 1540. The van der Waals surface area contributed by atoms with E-state index in [2.05, 4.69) is 10.5 Å². The van der Waals surface area contributed by atoms with E-state index >= 15 is 0 Å². The summed E-state index contributed by atoms with van der Waals surface area (Å²) in [5, 5.41) is 4.63. The lowest BCUT2D eigenvalue weighted by Gasteiger charge is -2.26. The van der Waals surface area contributed by atoms with Crippen LogP contribution in [0.1, 0.15) is 27.0 Å². The van der Waals surface area contributed by atoms with Gasteiger partial charge in [0.25, 0.3) is 15.9 Å². The summed E-state index contributed by atoms with van der Waals surface area (Å²) in [4.78, 5) is 14.4. The van der Waals surface area contributed by atoms with E-state index in [1.165, 1.54) is 4.31 Å². The summed E-state index contributed by atoms with van der Waals surface area (Å²) in [6.45, 7) is 1.89. The number of para-hydroxylation sites is 1. The minimum absolute atomic E-state index is 0.00271. The van der Waals surface area contributed by atoms with E-state index in [0.29, 0.717) is 10.6 Å². The Labute approximate surface area is 232 Å². The molecule has 0 aliphatic carbocycles. The standard InChI is InChI=1S/C29H26ClN3O3S2/c1-21-7-17-26(18-8-21)38(35,36)33(20-23-9-13-24(30)14-10-23)28-6-4-3-5-27(28)29(34)32-31-19-22-11-15-25(37-2)16-12-22/h3-19H,20H2,1-2H3,(H,32,34)/b31-19-. The average molecular weight is 564 g/mol. The summed E-state index contributed by atoms with van der Waals surface area (Å²) in [7, 11) is -4.03. The fourth-order valence-corrected chi connectivity index (χ4v) is 5.70. The number of carbonyl (C=O) groups is 1. The molecule has 4 rings (SSSR count). The van der Waals surface area contributed by atoms with Gasteiger partial charge in [0, 0.05) is 9.92 Å². The number of nitrogens with zero attached hydrogens (tertiary/aromatic N) is 2. The Morgan fingerprint density at radius 1 is 0.947 bits per heavy atom. The number of rotatable bonds is 9. The molecular formula is C29H26ClN3O3S2. The number of benzene rings is 4. The van der Waals surface area contributed by atoms with Crippen molar-refractivity contribution in [3.63, 3.8) is 0 Å². The Morgan fingerprint density at radius 2 is 1.61 bits per heavy atom. The van der Waals surface area contributed by atoms with Crippen molar-refractivity contribution >= 4 is 51.2 Å². The Balaban J connectivity index is 1.68. The van der Waals surface area contributed by atoms with Crippen molar-refractivity contribution in [3.8, 4) is 0 Å². The van der Waals surface area contributed by atoms with Crippen molar-refractivity contribution in [1.82, 2.24) is 5.43 Å². The van der Waals surface area contributed by atoms with Gasteiger partial charge in [-0.25, -0.2) is 13.8 Å². The maximum absolute atomic E-state index is 13.9. The van der Waals surface area contributed by atoms with Crippen LogP contribution in [0.3, 0.4) is 0 Å². The van der Waals surface area contributed by atoms with Crippen LogP contribution in [0.4, 0.5) is 5.69 Å². The molecule has 4 aromatic carbocycles. The minimum atomic E-state index is -4.03. The quantitative estimate of drug-likeness (QED) is 0.143. The highest BCUT2D eigenvalue weighted by Crippen LogP contribution is 2.30. The third kappa shape index (κ3) is 6.64. The minimum Gasteiger partial charge on any atom is -0.267 e. The van der Waals surface area contributed by atoms with Gasteiger partial charge in [-0.3, -0.25) is 9.10 Å². The first-order chi connectivity index (χ1) is 18.3. The highest BCUT2D eigenvalue weighted by atomic mass is 35.5. The van der Waals surface area contributed by atoms with Gasteiger partial charge in [0.15, 0.2) is 0 Å². The van der Waals surface area contributed by atoms with Crippen molar-refractivity contribution in [1.29, 1.82) is 0 Å². The van der Waals surface area contributed by atoms with Crippen molar-refractivity contribution in [3.05, 3.63) is 124 Å². The molecule has 0 spiro atoms. The molecule has 0 aromatic heterocycles. The second kappa shape index (κ2) is 12.3. The molecule has 0 fully saturated rings. The molecule has 0 saturated carbocycles. The molecule has 1 amide bonds. The number of sulfonamides is 1. The summed E-state index contributed by atoms with van der Waals surface area (Å²) in [6, 6.07) is 27.8. The number of anilines is 1. The third-order valence-corrected chi connectivity index (χ3v) is 8.53. The third-order valence-electron chi connectivity index (χ3n) is 5.76. The van der Waals surface area contributed by atoms with Gasteiger partial charge in [0.2, 0.25) is 0 Å². The summed E-state index contributed by atoms with van der Waals surface area (Å²) in [5.41, 5.74) is 5.41. The number of hydrogen-bond acceptors (Lipinski definition) is 5. The summed E-state index contributed by atoms with van der Waals surface area (Å²) >= 11 is 7.68. The molecule has 0 heterocycles. The van der Waals surface area contributed by atoms with Gasteiger partial charge in [-0.05, 0) is 72.8 Å². The van der Waals surface area contributed by atoms with E-state index in [0.717, 1.165) is 16.0 Å². The van der Waals surface area contributed by atoms with Gasteiger partial charge in [-0.15, -0.1) is 11.8 Å². The molecule has 194 valence electrons. The first-order valence-corrected chi connectivity index (χ1v) is 14.7. The lowest BCUT2D eigenvalue weighted by atomic mass is 10.1. The zero-order chi connectivity index (χ0) is 27.1. The molecule has 9 heteroatoms. The number of hydrogen-bond donors (Lipinski definition) is 1. The first kappa shape index (κ1) is 27.4. The van der Waals surface area contributed by atoms with Crippen molar-refractivity contribution in [2.75, 3.05) is 10.6 Å². The normalized spacial score (nSPS) is 11.4. The fraction of sp³-hybridized carbons (Fsp3) is 0.103. The fourth-order valence-electron chi connectivity index (χ4n) is 3.69. The molecular weight excluding hydrogens is 538 g/mol. The van der Waals surface area contributed by atoms with E-state index in [1.54, 1.807) is 90.8 Å². The number of halogens is 1. The van der Waals surface area contributed by atoms with E-state index in [9.17, 15) is 13.2 Å². The molecule has 0 bridgehead atoms. The van der Waals surface area contributed by atoms with Crippen LogP contribution in [0, 0.1) is 6.92 Å². The summed E-state index contributed by atoms with van der Waals surface area (Å²) in [6.07, 6.45) is 3.54. The van der Waals surface area contributed by atoms with Gasteiger partial charge < -0.3 is 0 Å². The molecule has 4 aromatic rings. The van der Waals surface area contributed by atoms with E-state index < -0.39 is 15.9 Å². The molecule has 38 heavy (non-hydrogen) atoms. The highest BCUT2D eigenvalue weighted by Gasteiger charge is 2.28. The van der Waals surface area contributed by atoms with Gasteiger partial charge in [-0.1, -0.05) is 65.7 Å². The average Bonchev–Trinajstić information content (AvgIpc) is 2.93. The van der Waals surface area contributed by atoms with Crippen LogP contribution in [0.25, 0.3) is 0 Å². The number of hydrazone groups is 1. The topological polar surface area (TPSA) is 78.8 Å². The number of thioether (sulfide) groups is 1. The van der Waals surface area contributed by atoms with Gasteiger partial charge in [0.1, 0.15) is 0 Å². The molecule has 0 aliphatic heterocycles. The van der Waals surface area contributed by atoms with Gasteiger partial charge in [0.05, 0.1) is 28.9 Å². The molecule has 0 saturated heterocycles. The second-order valence-corrected chi connectivity index (χ2v) is 11.6. The van der Waals surface area contributed by atoms with Crippen LogP contribution >= 0.6 is 23.4 Å². The van der Waals surface area contributed by atoms with Crippen molar-refractivity contribution < 1.29 is 13.2 Å². The van der Waals surface area contributed by atoms with E-state index in [4.69, 9.17) is 11.6 Å². The molecule has 0 aliphatic rings. The van der Waals surface area contributed by atoms with Crippen LogP contribution in [0.2, 0.25) is 5.02 Å². The van der Waals surface area contributed by atoms with Gasteiger partial charge in [-0.2, -0.15) is 5.10 Å². The van der Waals surface area contributed by atoms with Crippen LogP contribution in [-0.4, -0.2) is 26.8 Å². The maximum Gasteiger partial charge on any atom is 0.273 e. The van der Waals surface area contributed by atoms with Crippen molar-refractivity contribution in [2.45, 2.75) is 23.3 Å².